The summed E-state index contributed by atoms with van der Waals surface area (Å²) in [5.74, 6) is 0. The smallest absolute Gasteiger partial charge is 0.0613 e. The van der Waals surface area contributed by atoms with Crippen molar-refractivity contribution in [3.8, 4) is 0 Å². The molecule has 0 amide bonds. The van der Waals surface area contributed by atoms with Crippen molar-refractivity contribution >= 4 is 0 Å². The van der Waals surface area contributed by atoms with Gasteiger partial charge in [-0.1, -0.05) is 30.3 Å². The molecule has 16 heavy (non-hydrogen) atoms. The van der Waals surface area contributed by atoms with Crippen LogP contribution in [0.3, 0.4) is 0 Å². The third kappa shape index (κ3) is 4.31. The number of hydrogen-bond donors (Lipinski definition) is 2. The van der Waals surface area contributed by atoms with Crippen molar-refractivity contribution in [1.29, 1.82) is 0 Å². The van der Waals surface area contributed by atoms with Gasteiger partial charge < -0.3 is 15.2 Å². The zero-order valence-electron chi connectivity index (χ0n) is 10.0. The van der Waals surface area contributed by atoms with Gasteiger partial charge in [-0.15, -0.1) is 0 Å². The standard InChI is InChI=1S/C13H21NO2/c1-11(10-16-2)14-13(8-9-15)12-6-4-3-5-7-12/h3-7,11,13-15H,8-10H2,1-2H3/t11?,13-/m1/s1. The molecule has 0 heterocycles. The van der Waals surface area contributed by atoms with Gasteiger partial charge in [-0.25, -0.2) is 0 Å². The Kier molecular flexibility index (Phi) is 6.08. The van der Waals surface area contributed by atoms with Gasteiger partial charge in [0, 0.05) is 25.8 Å². The van der Waals surface area contributed by atoms with Gasteiger partial charge in [-0.2, -0.15) is 0 Å². The van der Waals surface area contributed by atoms with Gasteiger partial charge in [-0.3, -0.25) is 0 Å². The van der Waals surface area contributed by atoms with Crippen LogP contribution in [-0.2, 0) is 4.74 Å². The summed E-state index contributed by atoms with van der Waals surface area (Å²) in [7, 11) is 1.70. The Labute approximate surface area is 97.4 Å². The highest BCUT2D eigenvalue weighted by Gasteiger charge is 2.13. The maximum Gasteiger partial charge on any atom is 0.0613 e. The topological polar surface area (TPSA) is 41.5 Å². The van der Waals surface area contributed by atoms with E-state index >= 15 is 0 Å². The fourth-order valence-electron chi connectivity index (χ4n) is 1.80. The van der Waals surface area contributed by atoms with Crippen LogP contribution in [0.2, 0.25) is 0 Å². The first-order valence-electron chi connectivity index (χ1n) is 5.68. The summed E-state index contributed by atoms with van der Waals surface area (Å²) < 4.78 is 5.09. The molecule has 0 aliphatic heterocycles. The number of aliphatic hydroxyl groups is 1. The van der Waals surface area contributed by atoms with Crippen molar-refractivity contribution in [3.05, 3.63) is 35.9 Å². The molecule has 0 saturated heterocycles. The zero-order valence-corrected chi connectivity index (χ0v) is 10.0. The van der Waals surface area contributed by atoms with Gasteiger partial charge in [0.25, 0.3) is 0 Å². The summed E-state index contributed by atoms with van der Waals surface area (Å²) in [6.45, 7) is 2.94. The highest BCUT2D eigenvalue weighted by Crippen LogP contribution is 2.16. The van der Waals surface area contributed by atoms with Crippen LogP contribution < -0.4 is 5.32 Å². The van der Waals surface area contributed by atoms with Crippen LogP contribution >= 0.6 is 0 Å². The molecule has 1 aromatic rings. The molecule has 0 aliphatic carbocycles. The summed E-state index contributed by atoms with van der Waals surface area (Å²) in [4.78, 5) is 0. The quantitative estimate of drug-likeness (QED) is 0.739. The Bertz CT molecular complexity index is 277. The van der Waals surface area contributed by atoms with Crippen molar-refractivity contribution in [3.63, 3.8) is 0 Å². The molecule has 0 spiro atoms. The number of aliphatic hydroxyl groups excluding tert-OH is 1. The van der Waals surface area contributed by atoms with Crippen molar-refractivity contribution in [2.45, 2.75) is 25.4 Å². The number of nitrogens with one attached hydrogen (secondary N) is 1. The van der Waals surface area contributed by atoms with E-state index < -0.39 is 0 Å². The molecule has 2 N–H and O–H groups in total. The normalized spacial score (nSPS) is 14.7. The second-order valence-corrected chi connectivity index (χ2v) is 4.00. The van der Waals surface area contributed by atoms with E-state index in [4.69, 9.17) is 9.84 Å². The lowest BCUT2D eigenvalue weighted by molar-refractivity contribution is 0.162. The molecule has 1 unspecified atom stereocenters. The van der Waals surface area contributed by atoms with Crippen molar-refractivity contribution in [2.24, 2.45) is 0 Å². The first-order valence-corrected chi connectivity index (χ1v) is 5.68. The lowest BCUT2D eigenvalue weighted by atomic mass is 10.0. The minimum Gasteiger partial charge on any atom is -0.396 e. The Morgan fingerprint density at radius 3 is 2.56 bits per heavy atom. The molecule has 1 rings (SSSR count). The van der Waals surface area contributed by atoms with Crippen LogP contribution in [0.5, 0.6) is 0 Å². The average molecular weight is 223 g/mol. The molecule has 0 bridgehead atoms. The van der Waals surface area contributed by atoms with E-state index in [1.807, 2.05) is 18.2 Å². The van der Waals surface area contributed by atoms with Crippen LogP contribution in [0.4, 0.5) is 0 Å². The van der Waals surface area contributed by atoms with Crippen LogP contribution in [0, 0.1) is 0 Å². The summed E-state index contributed by atoms with van der Waals surface area (Å²) in [5.41, 5.74) is 1.21. The lowest BCUT2D eigenvalue weighted by Crippen LogP contribution is -2.34. The third-order valence-electron chi connectivity index (χ3n) is 2.52. The molecule has 0 aromatic heterocycles. The molecule has 2 atom stereocenters. The van der Waals surface area contributed by atoms with E-state index in [9.17, 15) is 0 Å². The second-order valence-electron chi connectivity index (χ2n) is 4.00. The van der Waals surface area contributed by atoms with E-state index in [-0.39, 0.29) is 18.7 Å². The van der Waals surface area contributed by atoms with E-state index in [1.165, 1.54) is 5.56 Å². The highest BCUT2D eigenvalue weighted by molar-refractivity contribution is 5.18. The molecule has 1 aromatic carbocycles. The maximum absolute atomic E-state index is 9.07. The molecule has 3 nitrogen and oxygen atoms in total. The zero-order chi connectivity index (χ0) is 11.8. The molecule has 0 saturated carbocycles. The second kappa shape index (κ2) is 7.39. The highest BCUT2D eigenvalue weighted by atomic mass is 16.5. The third-order valence-corrected chi connectivity index (χ3v) is 2.52. The lowest BCUT2D eigenvalue weighted by Gasteiger charge is -2.22. The first kappa shape index (κ1) is 13.2. The van der Waals surface area contributed by atoms with Crippen molar-refractivity contribution < 1.29 is 9.84 Å². The number of hydrogen-bond acceptors (Lipinski definition) is 3. The van der Waals surface area contributed by atoms with Gasteiger partial charge in [0.15, 0.2) is 0 Å². The summed E-state index contributed by atoms with van der Waals surface area (Å²) in [5, 5.41) is 12.5. The molecule has 0 radical (unpaired) electrons. The Hall–Kier alpha value is -0.900. The molecule has 0 aliphatic rings. The number of benzene rings is 1. The van der Waals surface area contributed by atoms with Crippen molar-refractivity contribution in [1.82, 2.24) is 5.32 Å². The Morgan fingerprint density at radius 2 is 2.00 bits per heavy atom. The largest absolute Gasteiger partial charge is 0.396 e. The minimum atomic E-state index is 0.187. The van der Waals surface area contributed by atoms with Gasteiger partial charge in [0.2, 0.25) is 0 Å². The number of ether oxygens (including phenoxy) is 1. The van der Waals surface area contributed by atoms with Crippen LogP contribution in [0.25, 0.3) is 0 Å². The predicted molar refractivity (Wildman–Crippen MR) is 65.4 cm³/mol. The van der Waals surface area contributed by atoms with E-state index in [1.54, 1.807) is 7.11 Å². The van der Waals surface area contributed by atoms with E-state index in [0.717, 1.165) is 6.42 Å². The first-order chi connectivity index (χ1) is 7.77. The molecular weight excluding hydrogens is 202 g/mol. The van der Waals surface area contributed by atoms with Crippen LogP contribution in [0.15, 0.2) is 30.3 Å². The Morgan fingerprint density at radius 1 is 1.31 bits per heavy atom. The van der Waals surface area contributed by atoms with Crippen LogP contribution in [0.1, 0.15) is 24.9 Å². The molecule has 3 heteroatoms. The number of rotatable bonds is 7. The summed E-state index contributed by atoms with van der Waals surface area (Å²) >= 11 is 0. The van der Waals surface area contributed by atoms with E-state index in [2.05, 4.69) is 24.4 Å². The van der Waals surface area contributed by atoms with Crippen LogP contribution in [-0.4, -0.2) is 31.5 Å². The van der Waals surface area contributed by atoms with Gasteiger partial charge in [0.1, 0.15) is 0 Å². The summed E-state index contributed by atoms with van der Waals surface area (Å²) in [6, 6.07) is 10.7. The molecule has 90 valence electrons. The summed E-state index contributed by atoms with van der Waals surface area (Å²) in [6.07, 6.45) is 0.720. The number of methoxy groups -OCH3 is 1. The Balaban J connectivity index is 2.60. The van der Waals surface area contributed by atoms with E-state index in [0.29, 0.717) is 6.61 Å². The monoisotopic (exact) mass is 223 g/mol. The molecule has 0 fully saturated rings. The van der Waals surface area contributed by atoms with Crippen molar-refractivity contribution in [2.75, 3.05) is 20.3 Å². The minimum absolute atomic E-state index is 0.187. The predicted octanol–water partition coefficient (Wildman–Crippen LogP) is 1.73. The van der Waals surface area contributed by atoms with Gasteiger partial charge >= 0.3 is 0 Å². The fraction of sp³-hybridized carbons (Fsp3) is 0.538. The maximum atomic E-state index is 9.07. The van der Waals surface area contributed by atoms with Gasteiger partial charge in [-0.05, 0) is 18.9 Å². The fourth-order valence-corrected chi connectivity index (χ4v) is 1.80. The SMILES string of the molecule is COCC(C)N[C@H](CCO)c1ccccc1. The molecular formula is C13H21NO2. The van der Waals surface area contributed by atoms with Gasteiger partial charge in [0.05, 0.1) is 6.61 Å². The average Bonchev–Trinajstić information content (AvgIpc) is 2.30.